The van der Waals surface area contributed by atoms with Gasteiger partial charge in [0.25, 0.3) is 0 Å². The third-order valence-electron chi connectivity index (χ3n) is 2.66. The van der Waals surface area contributed by atoms with E-state index < -0.39 is 0 Å². The molecule has 0 unspecified atom stereocenters. The normalized spacial score (nSPS) is 9.78. The molecule has 0 atom stereocenters. The summed E-state index contributed by atoms with van der Waals surface area (Å²) < 4.78 is 4.98. The van der Waals surface area contributed by atoms with E-state index in [0.29, 0.717) is 6.61 Å². The predicted octanol–water partition coefficient (Wildman–Crippen LogP) is 3.65. The van der Waals surface area contributed by atoms with Gasteiger partial charge in [-0.15, -0.1) is 0 Å². The van der Waals surface area contributed by atoms with E-state index in [-0.39, 0.29) is 12.4 Å². The molecule has 0 saturated carbocycles. The highest BCUT2D eigenvalue weighted by atomic mass is 16.5. The zero-order chi connectivity index (χ0) is 13.5. The standard InChI is InChI=1S/C15H21NO2/c1-5-18-15(17)10-14(11(2)3)16-13-9-7-6-8-12(13)4/h6-9,16H,5,10H2,1-4H3. The summed E-state index contributed by atoms with van der Waals surface area (Å²) in [5.41, 5.74) is 4.17. The number of carbonyl (C=O) groups excluding carboxylic acids is 1. The summed E-state index contributed by atoms with van der Waals surface area (Å²) in [6.07, 6.45) is 0.282. The lowest BCUT2D eigenvalue weighted by Gasteiger charge is -2.14. The van der Waals surface area contributed by atoms with Crippen LogP contribution in [0.15, 0.2) is 35.5 Å². The van der Waals surface area contributed by atoms with Crippen LogP contribution in [0.4, 0.5) is 5.69 Å². The van der Waals surface area contributed by atoms with E-state index in [0.717, 1.165) is 22.5 Å². The van der Waals surface area contributed by atoms with Crippen molar-refractivity contribution in [2.24, 2.45) is 0 Å². The Bertz CT molecular complexity index is 446. The Morgan fingerprint density at radius 1 is 1.28 bits per heavy atom. The topological polar surface area (TPSA) is 38.3 Å². The molecule has 98 valence electrons. The van der Waals surface area contributed by atoms with Gasteiger partial charge >= 0.3 is 5.97 Å². The van der Waals surface area contributed by atoms with E-state index in [2.05, 4.69) is 5.32 Å². The molecule has 0 amide bonds. The van der Waals surface area contributed by atoms with Crippen molar-refractivity contribution in [2.75, 3.05) is 11.9 Å². The fourth-order valence-electron chi connectivity index (χ4n) is 1.58. The van der Waals surface area contributed by atoms with E-state index in [1.807, 2.05) is 52.0 Å². The van der Waals surface area contributed by atoms with Gasteiger partial charge in [0.1, 0.15) is 0 Å². The molecular weight excluding hydrogens is 226 g/mol. The number of aryl methyl sites for hydroxylation is 1. The summed E-state index contributed by atoms with van der Waals surface area (Å²) in [7, 11) is 0. The first-order chi connectivity index (χ1) is 8.54. The number of benzene rings is 1. The quantitative estimate of drug-likeness (QED) is 0.807. The van der Waals surface area contributed by atoms with Gasteiger partial charge in [0.15, 0.2) is 0 Å². The highest BCUT2D eigenvalue weighted by molar-refractivity contribution is 5.74. The third-order valence-corrected chi connectivity index (χ3v) is 2.66. The number of carbonyl (C=O) groups is 1. The minimum Gasteiger partial charge on any atom is -0.466 e. The number of esters is 1. The minimum absolute atomic E-state index is 0.199. The molecule has 1 aromatic carbocycles. The Morgan fingerprint density at radius 2 is 1.94 bits per heavy atom. The van der Waals surface area contributed by atoms with Crippen molar-refractivity contribution in [3.8, 4) is 0 Å². The molecule has 1 rings (SSSR count). The minimum atomic E-state index is -0.199. The van der Waals surface area contributed by atoms with Crippen LogP contribution >= 0.6 is 0 Å². The SMILES string of the molecule is CCOC(=O)CC(Nc1ccccc1C)=C(C)C. The first-order valence-corrected chi connectivity index (χ1v) is 6.19. The second-order valence-corrected chi connectivity index (χ2v) is 4.40. The lowest BCUT2D eigenvalue weighted by molar-refractivity contribution is -0.142. The number of nitrogens with one attached hydrogen (secondary N) is 1. The molecule has 0 aliphatic carbocycles. The summed E-state index contributed by atoms with van der Waals surface area (Å²) in [5, 5.41) is 3.31. The monoisotopic (exact) mass is 247 g/mol. The number of para-hydroxylation sites is 1. The van der Waals surface area contributed by atoms with Gasteiger partial charge in [-0.05, 0) is 39.3 Å². The largest absolute Gasteiger partial charge is 0.466 e. The van der Waals surface area contributed by atoms with E-state index in [4.69, 9.17) is 4.74 Å². The number of rotatable bonds is 5. The van der Waals surface area contributed by atoms with Crippen LogP contribution < -0.4 is 5.32 Å². The van der Waals surface area contributed by atoms with Gasteiger partial charge < -0.3 is 10.1 Å². The molecule has 3 heteroatoms. The molecule has 0 spiro atoms. The first-order valence-electron chi connectivity index (χ1n) is 6.19. The van der Waals surface area contributed by atoms with E-state index >= 15 is 0 Å². The molecule has 0 radical (unpaired) electrons. The van der Waals surface area contributed by atoms with Gasteiger partial charge in [-0.2, -0.15) is 0 Å². The maximum absolute atomic E-state index is 11.5. The molecule has 0 bridgehead atoms. The summed E-state index contributed by atoms with van der Waals surface area (Å²) in [6, 6.07) is 8.01. The zero-order valence-corrected chi connectivity index (χ0v) is 11.5. The summed E-state index contributed by atoms with van der Waals surface area (Å²) in [5.74, 6) is -0.199. The number of anilines is 1. The third kappa shape index (κ3) is 4.24. The van der Waals surface area contributed by atoms with Gasteiger partial charge in [-0.3, -0.25) is 4.79 Å². The summed E-state index contributed by atoms with van der Waals surface area (Å²) in [4.78, 5) is 11.5. The molecule has 3 nitrogen and oxygen atoms in total. The molecular formula is C15H21NO2. The Labute approximate surface area is 109 Å². The van der Waals surface area contributed by atoms with Crippen LogP contribution in [0.2, 0.25) is 0 Å². The molecule has 1 aromatic rings. The van der Waals surface area contributed by atoms with Crippen LogP contribution in [-0.4, -0.2) is 12.6 Å². The molecule has 0 aliphatic rings. The maximum Gasteiger partial charge on any atom is 0.311 e. The average molecular weight is 247 g/mol. The van der Waals surface area contributed by atoms with Crippen LogP contribution in [0.25, 0.3) is 0 Å². The van der Waals surface area contributed by atoms with Crippen molar-refractivity contribution in [3.63, 3.8) is 0 Å². The van der Waals surface area contributed by atoms with Gasteiger partial charge in [-0.25, -0.2) is 0 Å². The van der Waals surface area contributed by atoms with Gasteiger partial charge in [-0.1, -0.05) is 23.8 Å². The molecule has 0 aliphatic heterocycles. The second kappa shape index (κ2) is 6.84. The lowest BCUT2D eigenvalue weighted by Crippen LogP contribution is -2.11. The van der Waals surface area contributed by atoms with Crippen LogP contribution in [0.1, 0.15) is 32.8 Å². The number of allylic oxidation sites excluding steroid dienone is 1. The van der Waals surface area contributed by atoms with Gasteiger partial charge in [0, 0.05) is 11.4 Å². The van der Waals surface area contributed by atoms with Crippen molar-refractivity contribution < 1.29 is 9.53 Å². The van der Waals surface area contributed by atoms with Crippen molar-refractivity contribution in [3.05, 3.63) is 41.1 Å². The molecule has 1 N–H and O–H groups in total. The summed E-state index contributed by atoms with van der Waals surface area (Å²) in [6.45, 7) is 8.24. The molecule has 0 heterocycles. The van der Waals surface area contributed by atoms with E-state index in [1.54, 1.807) is 0 Å². The van der Waals surface area contributed by atoms with Crippen LogP contribution in [0, 0.1) is 6.92 Å². The Hall–Kier alpha value is -1.77. The van der Waals surface area contributed by atoms with Crippen molar-refractivity contribution >= 4 is 11.7 Å². The van der Waals surface area contributed by atoms with E-state index in [9.17, 15) is 4.79 Å². The number of ether oxygens (including phenoxy) is 1. The maximum atomic E-state index is 11.5. The fourth-order valence-corrected chi connectivity index (χ4v) is 1.58. The summed E-state index contributed by atoms with van der Waals surface area (Å²) >= 11 is 0. The molecule has 18 heavy (non-hydrogen) atoms. The smallest absolute Gasteiger partial charge is 0.311 e. The lowest BCUT2D eigenvalue weighted by atomic mass is 10.1. The highest BCUT2D eigenvalue weighted by Crippen LogP contribution is 2.19. The van der Waals surface area contributed by atoms with Crippen molar-refractivity contribution in [1.82, 2.24) is 0 Å². The Kier molecular flexibility index (Phi) is 5.43. The number of hydrogen-bond donors (Lipinski definition) is 1. The predicted molar refractivity (Wildman–Crippen MR) is 74.4 cm³/mol. The van der Waals surface area contributed by atoms with Crippen LogP contribution in [-0.2, 0) is 9.53 Å². The van der Waals surface area contributed by atoms with Crippen LogP contribution in [0.5, 0.6) is 0 Å². The average Bonchev–Trinajstić information content (AvgIpc) is 2.31. The highest BCUT2D eigenvalue weighted by Gasteiger charge is 2.09. The Morgan fingerprint density at radius 3 is 2.50 bits per heavy atom. The van der Waals surface area contributed by atoms with Gasteiger partial charge in [0.2, 0.25) is 0 Å². The van der Waals surface area contributed by atoms with Crippen molar-refractivity contribution in [2.45, 2.75) is 34.1 Å². The van der Waals surface area contributed by atoms with Crippen molar-refractivity contribution in [1.29, 1.82) is 0 Å². The van der Waals surface area contributed by atoms with E-state index in [1.165, 1.54) is 0 Å². The zero-order valence-electron chi connectivity index (χ0n) is 11.5. The molecule has 0 aromatic heterocycles. The van der Waals surface area contributed by atoms with Crippen LogP contribution in [0.3, 0.4) is 0 Å². The molecule has 0 saturated heterocycles. The second-order valence-electron chi connectivity index (χ2n) is 4.40. The first kappa shape index (κ1) is 14.3. The number of hydrogen-bond acceptors (Lipinski definition) is 3. The fraction of sp³-hybridized carbons (Fsp3) is 0.400. The molecule has 0 fully saturated rings. The Balaban J connectivity index is 2.80. The van der Waals surface area contributed by atoms with Gasteiger partial charge in [0.05, 0.1) is 13.0 Å².